The Hall–Kier alpha value is -2.62. The molecule has 2 aromatic rings. The van der Waals surface area contributed by atoms with E-state index in [1.807, 2.05) is 49.4 Å². The molecule has 0 saturated carbocycles. The van der Waals surface area contributed by atoms with Crippen LogP contribution in [0.2, 0.25) is 0 Å². The SMILES string of the molecule is Cc1cccc(CNC(=O)C(=O)N(C)c2ccccc2)c1. The van der Waals surface area contributed by atoms with Crippen LogP contribution >= 0.6 is 0 Å². The lowest BCUT2D eigenvalue weighted by atomic mass is 10.1. The fourth-order valence-electron chi connectivity index (χ4n) is 2.00. The number of carbonyl (C=O) groups is 2. The van der Waals surface area contributed by atoms with Crippen molar-refractivity contribution in [3.05, 3.63) is 65.7 Å². The first kappa shape index (κ1) is 14.8. The molecule has 1 N–H and O–H groups in total. The number of carbonyl (C=O) groups excluding carboxylic acids is 2. The molecule has 0 aromatic heterocycles. The molecule has 0 heterocycles. The van der Waals surface area contributed by atoms with Crippen molar-refractivity contribution in [2.24, 2.45) is 0 Å². The van der Waals surface area contributed by atoms with Crippen LogP contribution in [0.1, 0.15) is 11.1 Å². The Labute approximate surface area is 124 Å². The Balaban J connectivity index is 1.95. The predicted octanol–water partition coefficient (Wildman–Crippen LogP) is 2.27. The van der Waals surface area contributed by atoms with Crippen molar-refractivity contribution in [3.8, 4) is 0 Å². The lowest BCUT2D eigenvalue weighted by molar-refractivity contribution is -0.137. The average molecular weight is 282 g/mol. The van der Waals surface area contributed by atoms with Crippen molar-refractivity contribution in [1.82, 2.24) is 5.32 Å². The molecular weight excluding hydrogens is 264 g/mol. The molecule has 0 aliphatic rings. The summed E-state index contributed by atoms with van der Waals surface area (Å²) in [5, 5.41) is 2.65. The largest absolute Gasteiger partial charge is 0.344 e. The number of amides is 2. The minimum atomic E-state index is -0.608. The summed E-state index contributed by atoms with van der Waals surface area (Å²) in [5.74, 6) is -1.18. The van der Waals surface area contributed by atoms with Crippen LogP contribution in [0, 0.1) is 6.92 Å². The monoisotopic (exact) mass is 282 g/mol. The van der Waals surface area contributed by atoms with Crippen molar-refractivity contribution >= 4 is 17.5 Å². The smallest absolute Gasteiger partial charge is 0.316 e. The maximum absolute atomic E-state index is 12.0. The molecule has 0 fully saturated rings. The molecule has 2 rings (SSSR count). The summed E-state index contributed by atoms with van der Waals surface area (Å²) in [6, 6.07) is 16.9. The second kappa shape index (κ2) is 6.70. The van der Waals surface area contributed by atoms with E-state index in [-0.39, 0.29) is 0 Å². The van der Waals surface area contributed by atoms with Crippen molar-refractivity contribution in [2.45, 2.75) is 13.5 Å². The lowest BCUT2D eigenvalue weighted by Crippen LogP contribution is -2.40. The van der Waals surface area contributed by atoms with E-state index in [1.54, 1.807) is 19.2 Å². The maximum Gasteiger partial charge on any atom is 0.316 e. The third-order valence-electron chi connectivity index (χ3n) is 3.18. The van der Waals surface area contributed by atoms with Crippen LogP contribution in [0.3, 0.4) is 0 Å². The molecule has 0 radical (unpaired) electrons. The summed E-state index contributed by atoms with van der Waals surface area (Å²) < 4.78 is 0. The number of hydrogen-bond donors (Lipinski definition) is 1. The van der Waals surface area contributed by atoms with E-state index in [0.717, 1.165) is 11.1 Å². The number of nitrogens with zero attached hydrogens (tertiary/aromatic N) is 1. The standard InChI is InChI=1S/C17H18N2O2/c1-13-7-6-8-14(11-13)12-18-16(20)17(21)19(2)15-9-4-3-5-10-15/h3-11H,12H2,1-2H3,(H,18,20). The first-order valence-electron chi connectivity index (χ1n) is 6.74. The van der Waals surface area contributed by atoms with Gasteiger partial charge in [-0.2, -0.15) is 0 Å². The van der Waals surface area contributed by atoms with Crippen LogP contribution < -0.4 is 10.2 Å². The molecule has 0 spiro atoms. The molecule has 2 aromatic carbocycles. The third kappa shape index (κ3) is 3.92. The van der Waals surface area contributed by atoms with Crippen molar-refractivity contribution in [1.29, 1.82) is 0 Å². The number of nitrogens with one attached hydrogen (secondary N) is 1. The molecule has 21 heavy (non-hydrogen) atoms. The third-order valence-corrected chi connectivity index (χ3v) is 3.18. The number of aryl methyl sites for hydroxylation is 1. The number of likely N-dealkylation sites (N-methyl/N-ethyl adjacent to an activating group) is 1. The van der Waals surface area contributed by atoms with Gasteiger partial charge in [0.05, 0.1) is 0 Å². The Kier molecular flexibility index (Phi) is 4.72. The average Bonchev–Trinajstić information content (AvgIpc) is 2.52. The van der Waals surface area contributed by atoms with Crippen LogP contribution in [0.25, 0.3) is 0 Å². The summed E-state index contributed by atoms with van der Waals surface area (Å²) in [6.45, 7) is 2.33. The summed E-state index contributed by atoms with van der Waals surface area (Å²) in [7, 11) is 1.59. The van der Waals surface area contributed by atoms with E-state index >= 15 is 0 Å². The predicted molar refractivity (Wildman–Crippen MR) is 82.9 cm³/mol. The zero-order chi connectivity index (χ0) is 15.2. The van der Waals surface area contributed by atoms with Gasteiger partial charge in [-0.25, -0.2) is 0 Å². The Morgan fingerprint density at radius 1 is 1.05 bits per heavy atom. The second-order valence-electron chi connectivity index (χ2n) is 4.87. The van der Waals surface area contributed by atoms with Gasteiger partial charge in [0.15, 0.2) is 0 Å². The fourth-order valence-corrected chi connectivity index (χ4v) is 2.00. The van der Waals surface area contributed by atoms with Gasteiger partial charge in [0.25, 0.3) is 0 Å². The van der Waals surface area contributed by atoms with Gasteiger partial charge < -0.3 is 10.2 Å². The van der Waals surface area contributed by atoms with Crippen LogP contribution in [0.15, 0.2) is 54.6 Å². The van der Waals surface area contributed by atoms with Crippen molar-refractivity contribution in [3.63, 3.8) is 0 Å². The zero-order valence-electron chi connectivity index (χ0n) is 12.2. The van der Waals surface area contributed by atoms with Gasteiger partial charge in [0.1, 0.15) is 0 Å². The summed E-state index contributed by atoms with van der Waals surface area (Å²) in [5.41, 5.74) is 2.78. The first-order valence-corrected chi connectivity index (χ1v) is 6.74. The molecular formula is C17H18N2O2. The van der Waals surface area contributed by atoms with Gasteiger partial charge in [-0.15, -0.1) is 0 Å². The van der Waals surface area contributed by atoms with E-state index in [9.17, 15) is 9.59 Å². The summed E-state index contributed by atoms with van der Waals surface area (Å²) in [4.78, 5) is 25.3. The normalized spacial score (nSPS) is 10.0. The van der Waals surface area contributed by atoms with Gasteiger partial charge >= 0.3 is 11.8 Å². The number of rotatable bonds is 3. The summed E-state index contributed by atoms with van der Waals surface area (Å²) in [6.07, 6.45) is 0. The van der Waals surface area contributed by atoms with Gasteiger partial charge in [-0.05, 0) is 24.6 Å². The van der Waals surface area contributed by atoms with Crippen LogP contribution in [-0.2, 0) is 16.1 Å². The van der Waals surface area contributed by atoms with Gasteiger partial charge in [0, 0.05) is 19.3 Å². The fraction of sp³-hybridized carbons (Fsp3) is 0.176. The Morgan fingerprint density at radius 2 is 1.76 bits per heavy atom. The number of benzene rings is 2. The highest BCUT2D eigenvalue weighted by Gasteiger charge is 2.19. The lowest BCUT2D eigenvalue weighted by Gasteiger charge is -2.16. The number of anilines is 1. The minimum Gasteiger partial charge on any atom is -0.344 e. The van der Waals surface area contributed by atoms with E-state index < -0.39 is 11.8 Å². The highest BCUT2D eigenvalue weighted by atomic mass is 16.2. The molecule has 2 amide bonds. The summed E-state index contributed by atoms with van der Waals surface area (Å²) >= 11 is 0. The Bertz CT molecular complexity index is 638. The van der Waals surface area contributed by atoms with Crippen LogP contribution in [0.5, 0.6) is 0 Å². The number of hydrogen-bond acceptors (Lipinski definition) is 2. The molecule has 0 atom stereocenters. The van der Waals surface area contributed by atoms with E-state index in [0.29, 0.717) is 12.2 Å². The van der Waals surface area contributed by atoms with Crippen molar-refractivity contribution < 1.29 is 9.59 Å². The van der Waals surface area contributed by atoms with Gasteiger partial charge in [0.2, 0.25) is 0 Å². The molecule has 108 valence electrons. The van der Waals surface area contributed by atoms with E-state index in [1.165, 1.54) is 4.90 Å². The molecule has 4 heteroatoms. The zero-order valence-corrected chi connectivity index (χ0v) is 12.2. The highest BCUT2D eigenvalue weighted by molar-refractivity contribution is 6.40. The minimum absolute atomic E-state index is 0.342. The topological polar surface area (TPSA) is 49.4 Å². The highest BCUT2D eigenvalue weighted by Crippen LogP contribution is 2.11. The van der Waals surface area contributed by atoms with Crippen molar-refractivity contribution in [2.75, 3.05) is 11.9 Å². The van der Waals surface area contributed by atoms with Crippen LogP contribution in [-0.4, -0.2) is 18.9 Å². The Morgan fingerprint density at radius 3 is 2.43 bits per heavy atom. The molecule has 4 nitrogen and oxygen atoms in total. The van der Waals surface area contributed by atoms with Gasteiger partial charge in [-0.1, -0.05) is 48.0 Å². The van der Waals surface area contributed by atoms with Gasteiger partial charge in [-0.3, -0.25) is 9.59 Å². The second-order valence-corrected chi connectivity index (χ2v) is 4.87. The van der Waals surface area contributed by atoms with E-state index in [4.69, 9.17) is 0 Å². The first-order chi connectivity index (χ1) is 10.1. The molecule has 0 bridgehead atoms. The molecule has 0 aliphatic carbocycles. The quantitative estimate of drug-likeness (QED) is 0.878. The molecule has 0 aliphatic heterocycles. The van der Waals surface area contributed by atoms with E-state index in [2.05, 4.69) is 5.32 Å². The molecule has 0 saturated heterocycles. The molecule has 0 unspecified atom stereocenters. The maximum atomic E-state index is 12.0. The van der Waals surface area contributed by atoms with Crippen LogP contribution in [0.4, 0.5) is 5.69 Å². The number of para-hydroxylation sites is 1.